The molecule has 40 heavy (non-hydrogen) atoms. The molecular formula is C27H23F2N7O3S. The number of benzodiazepines with no additional fused rings is 1. The lowest BCUT2D eigenvalue weighted by Crippen LogP contribution is -2.36. The Morgan fingerprint density at radius 1 is 1.05 bits per heavy atom. The molecule has 2 unspecified atom stereocenters. The van der Waals surface area contributed by atoms with E-state index in [9.17, 15) is 13.6 Å². The van der Waals surface area contributed by atoms with Gasteiger partial charge in [-0.3, -0.25) is 4.79 Å². The third-order valence-electron chi connectivity index (χ3n) is 6.93. The monoisotopic (exact) mass is 563 g/mol. The van der Waals surface area contributed by atoms with Gasteiger partial charge in [0.2, 0.25) is 6.17 Å². The zero-order valence-electron chi connectivity index (χ0n) is 21.0. The number of aromatic nitrogens is 3. The molecule has 2 fully saturated rings. The van der Waals surface area contributed by atoms with Crippen LogP contribution in [0.15, 0.2) is 64.0 Å². The van der Waals surface area contributed by atoms with E-state index in [1.165, 1.54) is 11.3 Å². The van der Waals surface area contributed by atoms with E-state index in [2.05, 4.69) is 25.8 Å². The van der Waals surface area contributed by atoms with Crippen LogP contribution >= 0.6 is 11.3 Å². The van der Waals surface area contributed by atoms with Crippen LogP contribution in [0.2, 0.25) is 0 Å². The molecule has 0 spiro atoms. The van der Waals surface area contributed by atoms with E-state index in [-0.39, 0.29) is 18.3 Å². The number of nitrogens with zero attached hydrogens (tertiary/aromatic N) is 5. The molecule has 1 amide bonds. The number of carbonyl (C=O) groups is 1. The van der Waals surface area contributed by atoms with Crippen molar-refractivity contribution in [2.75, 3.05) is 41.8 Å². The number of ether oxygens (including phenoxy) is 1. The van der Waals surface area contributed by atoms with Gasteiger partial charge in [-0.2, -0.15) is 0 Å². The summed E-state index contributed by atoms with van der Waals surface area (Å²) in [6.45, 7) is 2.22. The zero-order valence-corrected chi connectivity index (χ0v) is 21.8. The predicted molar refractivity (Wildman–Crippen MR) is 145 cm³/mol. The van der Waals surface area contributed by atoms with Crippen molar-refractivity contribution in [3.05, 3.63) is 70.7 Å². The predicted octanol–water partition coefficient (Wildman–Crippen LogP) is 4.38. The Morgan fingerprint density at radius 2 is 1.80 bits per heavy atom. The van der Waals surface area contributed by atoms with Crippen LogP contribution in [0.4, 0.5) is 25.5 Å². The first-order valence-electron chi connectivity index (χ1n) is 12.8. The summed E-state index contributed by atoms with van der Waals surface area (Å²) in [5, 5.41) is 15.1. The molecule has 2 aromatic heterocycles. The molecule has 13 heteroatoms. The van der Waals surface area contributed by atoms with Crippen LogP contribution in [-0.4, -0.2) is 65.2 Å². The van der Waals surface area contributed by atoms with Crippen LogP contribution in [-0.2, 0) is 9.53 Å². The van der Waals surface area contributed by atoms with Gasteiger partial charge in [0, 0.05) is 30.6 Å². The van der Waals surface area contributed by atoms with Crippen LogP contribution in [0, 0.1) is 0 Å². The van der Waals surface area contributed by atoms with Crippen LogP contribution in [0.3, 0.4) is 0 Å². The molecule has 7 rings (SSSR count). The number of carbonyl (C=O) groups excluding carboxylic acids is 1. The molecule has 1 saturated carbocycles. The molecule has 4 aromatic rings. The molecule has 1 saturated heterocycles. The van der Waals surface area contributed by atoms with Crippen molar-refractivity contribution in [2.45, 2.75) is 24.4 Å². The molecular weight excluding hydrogens is 540 g/mol. The lowest BCUT2D eigenvalue weighted by atomic mass is 10.0. The standard InChI is InChI=1S/C27H23F2N7O3S/c28-27(29)14-17(27)24-32-20(25(40-24)36-10-12-38-13-11-36)23-34-35-26(39-23)33-21-22(37)30-18-9-5-4-8-16(18)19(31-21)15-6-2-1-3-7-15/h1-9,17,21H,10-14H2,(H,30,37)(H,33,35). The number of aliphatic imine (C=N–C) groups is 1. The van der Waals surface area contributed by atoms with Crippen molar-refractivity contribution in [2.24, 2.45) is 4.99 Å². The van der Waals surface area contributed by atoms with Gasteiger partial charge in [-0.05, 0) is 6.07 Å². The maximum absolute atomic E-state index is 13.9. The first-order valence-corrected chi connectivity index (χ1v) is 13.6. The Morgan fingerprint density at radius 3 is 2.58 bits per heavy atom. The van der Waals surface area contributed by atoms with Gasteiger partial charge in [-0.15, -0.1) is 16.4 Å². The van der Waals surface area contributed by atoms with Crippen LogP contribution < -0.4 is 15.5 Å². The smallest absolute Gasteiger partial charge is 0.317 e. The largest absolute Gasteiger partial charge is 0.402 e. The number of alkyl halides is 2. The first kappa shape index (κ1) is 24.8. The van der Waals surface area contributed by atoms with Gasteiger partial charge in [0.25, 0.3) is 17.7 Å². The minimum absolute atomic E-state index is 0.0449. The lowest BCUT2D eigenvalue weighted by Gasteiger charge is -2.27. The second kappa shape index (κ2) is 9.75. The molecule has 2 N–H and O–H groups in total. The number of rotatable bonds is 6. The second-order valence-corrected chi connectivity index (χ2v) is 10.7. The van der Waals surface area contributed by atoms with Crippen LogP contribution in [0.1, 0.15) is 28.5 Å². The van der Waals surface area contributed by atoms with Gasteiger partial charge < -0.3 is 24.7 Å². The Kier molecular flexibility index (Phi) is 6.04. The number of anilines is 3. The number of morpholine rings is 1. The van der Waals surface area contributed by atoms with E-state index in [0.29, 0.717) is 53.4 Å². The van der Waals surface area contributed by atoms with Crippen molar-refractivity contribution in [1.29, 1.82) is 0 Å². The lowest BCUT2D eigenvalue weighted by molar-refractivity contribution is -0.116. The van der Waals surface area contributed by atoms with Gasteiger partial charge in [0.1, 0.15) is 10.0 Å². The summed E-state index contributed by atoms with van der Waals surface area (Å²) in [4.78, 5) is 24.4. The summed E-state index contributed by atoms with van der Waals surface area (Å²) in [7, 11) is 0. The third kappa shape index (κ3) is 4.60. The fourth-order valence-corrected chi connectivity index (χ4v) is 6.03. The number of halogens is 2. The summed E-state index contributed by atoms with van der Waals surface area (Å²) in [5.41, 5.74) is 3.21. The maximum Gasteiger partial charge on any atom is 0.317 e. The second-order valence-electron chi connectivity index (χ2n) is 9.66. The number of hydrogen-bond acceptors (Lipinski definition) is 10. The highest BCUT2D eigenvalue weighted by atomic mass is 32.1. The summed E-state index contributed by atoms with van der Waals surface area (Å²) in [6, 6.07) is 16.9. The molecule has 204 valence electrons. The van der Waals surface area contributed by atoms with Crippen molar-refractivity contribution in [3.8, 4) is 11.6 Å². The highest BCUT2D eigenvalue weighted by Gasteiger charge is 2.59. The molecule has 0 radical (unpaired) electrons. The van der Waals surface area contributed by atoms with Gasteiger partial charge in [0.05, 0.1) is 30.5 Å². The number of hydrogen-bond donors (Lipinski definition) is 2. The third-order valence-corrected chi connectivity index (χ3v) is 8.16. The number of benzene rings is 2. The van der Waals surface area contributed by atoms with E-state index >= 15 is 0 Å². The van der Waals surface area contributed by atoms with Crippen molar-refractivity contribution >= 4 is 39.7 Å². The van der Waals surface area contributed by atoms with Crippen molar-refractivity contribution in [3.63, 3.8) is 0 Å². The summed E-state index contributed by atoms with van der Waals surface area (Å²) < 4.78 is 39.1. The van der Waals surface area contributed by atoms with Gasteiger partial charge in [-0.1, -0.05) is 53.6 Å². The van der Waals surface area contributed by atoms with Crippen LogP contribution in [0.25, 0.3) is 11.6 Å². The number of para-hydroxylation sites is 1. The van der Waals surface area contributed by atoms with E-state index in [1.54, 1.807) is 0 Å². The Bertz CT molecular complexity index is 1600. The quantitative estimate of drug-likeness (QED) is 0.355. The number of nitrogens with one attached hydrogen (secondary N) is 2. The fourth-order valence-electron chi connectivity index (χ4n) is 4.75. The van der Waals surface area contributed by atoms with E-state index in [0.717, 1.165) is 11.1 Å². The SMILES string of the molecule is O=C1Nc2ccccc2C(c2ccccc2)=NC1Nc1nnc(-c2nc(C3CC3(F)F)sc2N2CCOCC2)o1. The molecule has 1 aliphatic carbocycles. The first-order chi connectivity index (χ1) is 19.5. The molecule has 3 aliphatic rings. The average molecular weight is 564 g/mol. The van der Waals surface area contributed by atoms with Gasteiger partial charge in [-0.25, -0.2) is 18.8 Å². The molecule has 4 heterocycles. The number of amides is 1. The van der Waals surface area contributed by atoms with Gasteiger partial charge in [0.15, 0.2) is 5.69 Å². The highest BCUT2D eigenvalue weighted by Crippen LogP contribution is 2.58. The molecule has 2 aromatic carbocycles. The minimum Gasteiger partial charge on any atom is -0.402 e. The molecule has 0 bridgehead atoms. The maximum atomic E-state index is 13.9. The highest BCUT2D eigenvalue weighted by molar-refractivity contribution is 7.16. The molecule has 2 aliphatic heterocycles. The number of fused-ring (bicyclic) bond motifs is 1. The fraction of sp³-hybridized carbons (Fsp3) is 0.296. The molecule has 2 atom stereocenters. The van der Waals surface area contributed by atoms with Crippen molar-refractivity contribution < 1.29 is 22.7 Å². The summed E-state index contributed by atoms with van der Waals surface area (Å²) >= 11 is 1.22. The van der Waals surface area contributed by atoms with Crippen LogP contribution in [0.5, 0.6) is 0 Å². The number of thiazole rings is 1. The van der Waals surface area contributed by atoms with E-state index < -0.39 is 23.9 Å². The van der Waals surface area contributed by atoms with E-state index in [4.69, 9.17) is 14.1 Å². The van der Waals surface area contributed by atoms with Gasteiger partial charge >= 0.3 is 6.01 Å². The summed E-state index contributed by atoms with van der Waals surface area (Å²) in [5.74, 6) is -3.99. The topological polar surface area (TPSA) is 118 Å². The Balaban J connectivity index is 1.21. The Labute approximate surface area is 231 Å². The average Bonchev–Trinajstić information content (AvgIpc) is 3.29. The molecule has 10 nitrogen and oxygen atoms in total. The van der Waals surface area contributed by atoms with E-state index in [1.807, 2.05) is 59.5 Å². The summed E-state index contributed by atoms with van der Waals surface area (Å²) in [6.07, 6.45) is -1.30. The normalized spacial score (nSPS) is 21.7. The minimum atomic E-state index is -2.75. The zero-order chi connectivity index (χ0) is 27.3. The Hall–Kier alpha value is -4.23. The van der Waals surface area contributed by atoms with Crippen molar-refractivity contribution in [1.82, 2.24) is 15.2 Å².